The summed E-state index contributed by atoms with van der Waals surface area (Å²) in [5.41, 5.74) is 20.7. The van der Waals surface area contributed by atoms with Gasteiger partial charge in [0.25, 0.3) is 0 Å². The van der Waals surface area contributed by atoms with Crippen molar-refractivity contribution in [3.05, 3.63) is 270 Å². The van der Waals surface area contributed by atoms with Gasteiger partial charge >= 0.3 is 0 Å². The summed E-state index contributed by atoms with van der Waals surface area (Å²) in [7, 11) is 0. The minimum absolute atomic E-state index is 0.0878. The fraction of sp³-hybridized carbons (Fsp3) is 0.0625. The Hall–Kier alpha value is -7.78. The van der Waals surface area contributed by atoms with E-state index in [1.54, 1.807) is 0 Å². The maximum absolute atomic E-state index is 2.50. The quantitative estimate of drug-likeness (QED) is 0.154. The van der Waals surface area contributed by atoms with E-state index in [1.165, 1.54) is 98.1 Å². The number of benzene rings is 10. The highest BCUT2D eigenvalue weighted by Crippen LogP contribution is 2.60. The predicted octanol–water partition coefficient (Wildman–Crippen LogP) is 17.5. The molecule has 0 N–H and O–H groups in total. The number of fused-ring (bicyclic) bond motifs is 9. The third-order valence-corrected chi connectivity index (χ3v) is 15.8. The van der Waals surface area contributed by atoms with Gasteiger partial charge in [0.15, 0.2) is 0 Å². The number of thiophene rings is 1. The van der Waals surface area contributed by atoms with Gasteiger partial charge in [-0.3, -0.25) is 0 Å². The van der Waals surface area contributed by atoms with Crippen LogP contribution in [0, 0.1) is 0 Å². The molecule has 1 heterocycles. The van der Waals surface area contributed by atoms with Crippen LogP contribution in [0.1, 0.15) is 47.2 Å². The molecule has 0 bridgehead atoms. The average Bonchev–Trinajstić information content (AvgIpc) is 3.99. The van der Waals surface area contributed by atoms with Gasteiger partial charge in [0.05, 0.1) is 11.1 Å². The molecule has 13 rings (SSSR count). The maximum Gasteiger partial charge on any atom is 0.0714 e. The summed E-state index contributed by atoms with van der Waals surface area (Å²) in [5, 5.41) is 2.63. The molecule has 0 radical (unpaired) electrons. The number of rotatable bonds is 7. The maximum atomic E-state index is 2.50. The first-order chi connectivity index (χ1) is 32.5. The third-order valence-electron chi connectivity index (χ3n) is 14.6. The van der Waals surface area contributed by atoms with Gasteiger partial charge in [-0.05, 0) is 115 Å². The van der Waals surface area contributed by atoms with Crippen LogP contribution in [0.15, 0.2) is 237 Å². The van der Waals surface area contributed by atoms with Crippen molar-refractivity contribution >= 4 is 48.6 Å². The Kier molecular flexibility index (Phi) is 8.72. The standard InChI is InChI=1S/C64H45NS/c1-63(2)55-29-12-9-24-50(55)51-39-36-44(41-58(51)63)43-18-15-23-48(40-43)65(47-37-34-42(35-38-47)49-27-16-28-53-52-25-11-14-33-60(52)66-62(49)53)59-32-17-31-57-61(59)54-26-10-13-30-56(54)64(57,45-19-5-3-6-20-45)46-21-7-4-8-22-46/h3-41H,1-2H3. The minimum Gasteiger partial charge on any atom is -0.310 e. The van der Waals surface area contributed by atoms with Crippen LogP contribution >= 0.6 is 11.3 Å². The first-order valence-corrected chi connectivity index (χ1v) is 23.8. The van der Waals surface area contributed by atoms with Gasteiger partial charge in [0.1, 0.15) is 0 Å². The van der Waals surface area contributed by atoms with Crippen LogP contribution in [0.25, 0.3) is 64.7 Å². The Bertz CT molecular complexity index is 3630. The Morgan fingerprint density at radius 1 is 0.364 bits per heavy atom. The fourth-order valence-electron chi connectivity index (χ4n) is 11.6. The molecule has 10 aromatic carbocycles. The van der Waals surface area contributed by atoms with Crippen molar-refractivity contribution in [1.29, 1.82) is 0 Å². The summed E-state index contributed by atoms with van der Waals surface area (Å²) in [6, 6.07) is 88.2. The molecule has 2 aliphatic carbocycles. The lowest BCUT2D eigenvalue weighted by molar-refractivity contribution is 0.660. The fourth-order valence-corrected chi connectivity index (χ4v) is 12.8. The van der Waals surface area contributed by atoms with Crippen LogP contribution < -0.4 is 4.90 Å². The van der Waals surface area contributed by atoms with Gasteiger partial charge < -0.3 is 4.90 Å². The number of nitrogens with zero attached hydrogens (tertiary/aromatic N) is 1. The van der Waals surface area contributed by atoms with Gasteiger partial charge in [-0.15, -0.1) is 11.3 Å². The van der Waals surface area contributed by atoms with Crippen molar-refractivity contribution in [3.8, 4) is 44.5 Å². The minimum atomic E-state index is -0.514. The van der Waals surface area contributed by atoms with E-state index in [9.17, 15) is 0 Å². The van der Waals surface area contributed by atoms with Crippen molar-refractivity contribution in [1.82, 2.24) is 0 Å². The molecule has 1 aromatic heterocycles. The average molecular weight is 860 g/mol. The lowest BCUT2D eigenvalue weighted by Crippen LogP contribution is -2.28. The van der Waals surface area contributed by atoms with E-state index < -0.39 is 5.41 Å². The lowest BCUT2D eigenvalue weighted by Gasteiger charge is -2.34. The molecule has 0 saturated carbocycles. The second-order valence-corrected chi connectivity index (χ2v) is 19.4. The zero-order valence-corrected chi connectivity index (χ0v) is 37.7. The van der Waals surface area contributed by atoms with E-state index in [2.05, 4.69) is 255 Å². The van der Waals surface area contributed by atoms with Gasteiger partial charge in [0.2, 0.25) is 0 Å². The molecule has 0 atom stereocenters. The largest absolute Gasteiger partial charge is 0.310 e. The Morgan fingerprint density at radius 2 is 0.939 bits per heavy atom. The normalized spacial score (nSPS) is 13.8. The number of anilines is 3. The molecular formula is C64H45NS. The summed E-state index contributed by atoms with van der Waals surface area (Å²) in [4.78, 5) is 2.50. The molecule has 0 spiro atoms. The van der Waals surface area contributed by atoms with Crippen molar-refractivity contribution in [3.63, 3.8) is 0 Å². The molecule has 0 aliphatic heterocycles. The van der Waals surface area contributed by atoms with Crippen molar-refractivity contribution in [2.75, 3.05) is 4.90 Å². The third kappa shape index (κ3) is 5.65. The number of hydrogen-bond acceptors (Lipinski definition) is 2. The second kappa shape index (κ2) is 14.9. The van der Waals surface area contributed by atoms with Crippen LogP contribution in [-0.4, -0.2) is 0 Å². The molecule has 312 valence electrons. The molecular weight excluding hydrogens is 815 g/mol. The van der Waals surface area contributed by atoms with Crippen LogP contribution in [0.4, 0.5) is 17.1 Å². The van der Waals surface area contributed by atoms with Crippen molar-refractivity contribution in [2.24, 2.45) is 0 Å². The van der Waals surface area contributed by atoms with Crippen LogP contribution in [-0.2, 0) is 10.8 Å². The molecule has 2 aliphatic rings. The van der Waals surface area contributed by atoms with E-state index in [0.717, 1.165) is 17.1 Å². The molecule has 66 heavy (non-hydrogen) atoms. The zero-order valence-electron chi connectivity index (χ0n) is 36.9. The van der Waals surface area contributed by atoms with E-state index in [0.29, 0.717) is 0 Å². The highest BCUT2D eigenvalue weighted by atomic mass is 32.1. The topological polar surface area (TPSA) is 3.24 Å². The summed E-state index contributed by atoms with van der Waals surface area (Å²) in [6.45, 7) is 4.73. The lowest BCUT2D eigenvalue weighted by atomic mass is 9.68. The van der Waals surface area contributed by atoms with Gasteiger partial charge in [0, 0.05) is 42.5 Å². The van der Waals surface area contributed by atoms with Gasteiger partial charge in [-0.2, -0.15) is 0 Å². The van der Waals surface area contributed by atoms with Crippen LogP contribution in [0.2, 0.25) is 0 Å². The SMILES string of the molecule is CC1(C)c2ccccc2-c2ccc(-c3cccc(N(c4ccc(-c5cccc6c5sc5ccccc56)cc4)c4cccc5c4-c4ccccc4C5(c4ccccc4)c4ccccc4)c3)cc21. The highest BCUT2D eigenvalue weighted by molar-refractivity contribution is 7.26. The van der Waals surface area contributed by atoms with E-state index in [-0.39, 0.29) is 5.41 Å². The number of hydrogen-bond donors (Lipinski definition) is 0. The molecule has 2 heteroatoms. The van der Waals surface area contributed by atoms with Crippen LogP contribution in [0.3, 0.4) is 0 Å². The van der Waals surface area contributed by atoms with E-state index in [4.69, 9.17) is 0 Å². The molecule has 0 fully saturated rings. The van der Waals surface area contributed by atoms with Gasteiger partial charge in [-0.1, -0.05) is 208 Å². The highest BCUT2D eigenvalue weighted by Gasteiger charge is 2.47. The Morgan fingerprint density at radius 3 is 1.73 bits per heavy atom. The second-order valence-electron chi connectivity index (χ2n) is 18.4. The molecule has 11 aromatic rings. The smallest absolute Gasteiger partial charge is 0.0714 e. The van der Waals surface area contributed by atoms with Gasteiger partial charge in [-0.25, -0.2) is 0 Å². The summed E-state index contributed by atoms with van der Waals surface area (Å²) >= 11 is 1.88. The first-order valence-electron chi connectivity index (χ1n) is 23.0. The van der Waals surface area contributed by atoms with Crippen LogP contribution in [0.5, 0.6) is 0 Å². The summed E-state index contributed by atoms with van der Waals surface area (Å²) in [6.07, 6.45) is 0. The predicted molar refractivity (Wildman–Crippen MR) is 280 cm³/mol. The molecule has 0 unspecified atom stereocenters. The first kappa shape index (κ1) is 38.7. The molecule has 0 saturated heterocycles. The molecule has 1 nitrogen and oxygen atoms in total. The monoisotopic (exact) mass is 859 g/mol. The molecule has 0 amide bonds. The van der Waals surface area contributed by atoms with E-state index in [1.807, 2.05) is 11.3 Å². The van der Waals surface area contributed by atoms with Crippen molar-refractivity contribution in [2.45, 2.75) is 24.7 Å². The zero-order chi connectivity index (χ0) is 44.0. The summed E-state index contributed by atoms with van der Waals surface area (Å²) in [5.74, 6) is 0. The Labute approximate surface area is 390 Å². The summed E-state index contributed by atoms with van der Waals surface area (Å²) < 4.78 is 2.65. The van der Waals surface area contributed by atoms with Crippen molar-refractivity contribution < 1.29 is 0 Å². The Balaban J connectivity index is 1.02. The van der Waals surface area contributed by atoms with E-state index >= 15 is 0 Å².